The molecule has 1 fully saturated rings. The summed E-state index contributed by atoms with van der Waals surface area (Å²) in [5.74, 6) is 0.414. The number of hydrogen-bond acceptors (Lipinski definition) is 4. The second-order valence-electron chi connectivity index (χ2n) is 5.23. The summed E-state index contributed by atoms with van der Waals surface area (Å²) in [6.45, 7) is 0. The molecule has 1 aliphatic rings. The smallest absolute Gasteiger partial charge is 0.269 e. The first-order valence-electron chi connectivity index (χ1n) is 7.08. The minimum atomic E-state index is -0.194. The summed E-state index contributed by atoms with van der Waals surface area (Å²) in [6.07, 6.45) is 2.31. The third-order valence-electron chi connectivity index (χ3n) is 3.65. The minimum Gasteiger partial charge on any atom is -0.354 e. The Hall–Kier alpha value is -2.43. The summed E-state index contributed by atoms with van der Waals surface area (Å²) >= 11 is 0. The van der Waals surface area contributed by atoms with Gasteiger partial charge in [-0.3, -0.25) is 4.79 Å². The van der Waals surface area contributed by atoms with E-state index in [0.29, 0.717) is 17.7 Å². The van der Waals surface area contributed by atoms with Gasteiger partial charge in [0.1, 0.15) is 5.69 Å². The lowest BCUT2D eigenvalue weighted by atomic mass is 10.1. The first kappa shape index (κ1) is 13.5. The highest BCUT2D eigenvalue weighted by Crippen LogP contribution is 2.29. The number of benzene rings is 1. The summed E-state index contributed by atoms with van der Waals surface area (Å²) < 4.78 is 0. The monoisotopic (exact) mass is 282 g/mol. The standard InChI is InChI=1S/C16H18N4O/c1-17-15(21)14-10-13(11-6-4-3-5-7-11)18-16(19-14)20(2)12-8-9-12/h3-7,10,12H,8-9H2,1-2H3,(H,17,21). The van der Waals surface area contributed by atoms with Crippen LogP contribution in [0.4, 0.5) is 5.95 Å². The van der Waals surface area contributed by atoms with Gasteiger partial charge in [0, 0.05) is 25.7 Å². The first-order valence-corrected chi connectivity index (χ1v) is 7.08. The van der Waals surface area contributed by atoms with Gasteiger partial charge in [0.2, 0.25) is 5.95 Å². The minimum absolute atomic E-state index is 0.194. The van der Waals surface area contributed by atoms with Crippen LogP contribution in [0.25, 0.3) is 11.3 Å². The maximum Gasteiger partial charge on any atom is 0.269 e. The molecule has 108 valence electrons. The van der Waals surface area contributed by atoms with E-state index in [9.17, 15) is 4.79 Å². The van der Waals surface area contributed by atoms with E-state index in [-0.39, 0.29) is 5.91 Å². The lowest BCUT2D eigenvalue weighted by Crippen LogP contribution is -2.25. The fourth-order valence-electron chi connectivity index (χ4n) is 2.22. The van der Waals surface area contributed by atoms with Crippen LogP contribution in [0.3, 0.4) is 0 Å². The molecule has 5 heteroatoms. The zero-order valence-corrected chi connectivity index (χ0v) is 12.2. The summed E-state index contributed by atoms with van der Waals surface area (Å²) in [5.41, 5.74) is 2.15. The van der Waals surface area contributed by atoms with Crippen LogP contribution in [0.5, 0.6) is 0 Å². The summed E-state index contributed by atoms with van der Waals surface area (Å²) in [4.78, 5) is 23.0. The molecule has 1 saturated carbocycles. The highest BCUT2D eigenvalue weighted by Gasteiger charge is 2.28. The van der Waals surface area contributed by atoms with E-state index >= 15 is 0 Å². The van der Waals surface area contributed by atoms with Gasteiger partial charge in [0.15, 0.2) is 0 Å². The predicted octanol–water partition coefficient (Wildman–Crippen LogP) is 2.10. The second-order valence-corrected chi connectivity index (χ2v) is 5.23. The molecule has 1 heterocycles. The Morgan fingerprint density at radius 2 is 1.95 bits per heavy atom. The maximum absolute atomic E-state index is 11.9. The SMILES string of the molecule is CNC(=O)c1cc(-c2ccccc2)nc(N(C)C2CC2)n1. The first-order chi connectivity index (χ1) is 10.2. The van der Waals surface area contributed by atoms with Crippen molar-refractivity contribution in [1.82, 2.24) is 15.3 Å². The largest absolute Gasteiger partial charge is 0.354 e. The molecule has 1 aliphatic carbocycles. The topological polar surface area (TPSA) is 58.1 Å². The average molecular weight is 282 g/mol. The number of nitrogens with one attached hydrogen (secondary N) is 1. The number of carbonyl (C=O) groups is 1. The van der Waals surface area contributed by atoms with Crippen molar-refractivity contribution in [3.63, 3.8) is 0 Å². The quantitative estimate of drug-likeness (QED) is 0.933. The molecule has 1 aromatic heterocycles. The Morgan fingerprint density at radius 1 is 1.24 bits per heavy atom. The van der Waals surface area contributed by atoms with Crippen molar-refractivity contribution in [2.45, 2.75) is 18.9 Å². The Kier molecular flexibility index (Phi) is 3.56. The van der Waals surface area contributed by atoms with Crippen LogP contribution >= 0.6 is 0 Å². The molecular formula is C16H18N4O. The van der Waals surface area contributed by atoms with Gasteiger partial charge in [-0.2, -0.15) is 0 Å². The van der Waals surface area contributed by atoms with Crippen LogP contribution in [0.1, 0.15) is 23.3 Å². The molecule has 1 amide bonds. The highest BCUT2D eigenvalue weighted by atomic mass is 16.1. The van der Waals surface area contributed by atoms with E-state index in [1.165, 1.54) is 0 Å². The lowest BCUT2D eigenvalue weighted by molar-refractivity contribution is 0.0958. The molecule has 3 rings (SSSR count). The molecular weight excluding hydrogens is 264 g/mol. The van der Waals surface area contributed by atoms with E-state index in [4.69, 9.17) is 0 Å². The van der Waals surface area contributed by atoms with E-state index in [2.05, 4.69) is 20.2 Å². The number of hydrogen-bond donors (Lipinski definition) is 1. The predicted molar refractivity (Wildman–Crippen MR) is 82.3 cm³/mol. The van der Waals surface area contributed by atoms with Gasteiger partial charge in [-0.25, -0.2) is 9.97 Å². The van der Waals surface area contributed by atoms with Crippen LogP contribution in [-0.4, -0.2) is 36.0 Å². The highest BCUT2D eigenvalue weighted by molar-refractivity contribution is 5.93. The Balaban J connectivity index is 2.06. The number of amides is 1. The lowest BCUT2D eigenvalue weighted by Gasteiger charge is -2.17. The fraction of sp³-hybridized carbons (Fsp3) is 0.312. The summed E-state index contributed by atoms with van der Waals surface area (Å²) in [5, 5.41) is 2.62. The van der Waals surface area contributed by atoms with Gasteiger partial charge < -0.3 is 10.2 Å². The van der Waals surface area contributed by atoms with E-state index in [1.807, 2.05) is 37.4 Å². The summed E-state index contributed by atoms with van der Waals surface area (Å²) in [6, 6.07) is 12.1. The maximum atomic E-state index is 11.9. The van der Waals surface area contributed by atoms with Crippen molar-refractivity contribution in [2.75, 3.05) is 19.0 Å². The zero-order valence-electron chi connectivity index (χ0n) is 12.2. The summed E-state index contributed by atoms with van der Waals surface area (Å²) in [7, 11) is 3.59. The molecule has 0 aliphatic heterocycles. The van der Waals surface area contributed by atoms with Crippen molar-refractivity contribution in [3.8, 4) is 11.3 Å². The molecule has 0 bridgehead atoms. The molecule has 21 heavy (non-hydrogen) atoms. The third-order valence-corrected chi connectivity index (χ3v) is 3.65. The number of anilines is 1. The number of rotatable bonds is 4. The molecule has 5 nitrogen and oxygen atoms in total. The van der Waals surface area contributed by atoms with Gasteiger partial charge in [-0.15, -0.1) is 0 Å². The molecule has 1 aromatic carbocycles. The number of aromatic nitrogens is 2. The number of carbonyl (C=O) groups excluding carboxylic acids is 1. The second kappa shape index (κ2) is 5.52. The van der Waals surface area contributed by atoms with Gasteiger partial charge >= 0.3 is 0 Å². The Bertz CT molecular complexity index is 653. The zero-order chi connectivity index (χ0) is 14.8. The van der Waals surface area contributed by atoms with E-state index < -0.39 is 0 Å². The Labute approximate surface area is 124 Å². The molecule has 0 atom stereocenters. The van der Waals surface area contributed by atoms with Crippen molar-refractivity contribution in [1.29, 1.82) is 0 Å². The fourth-order valence-corrected chi connectivity index (χ4v) is 2.22. The Morgan fingerprint density at radius 3 is 2.57 bits per heavy atom. The number of nitrogens with zero attached hydrogens (tertiary/aromatic N) is 3. The van der Waals surface area contributed by atoms with Gasteiger partial charge in [0.05, 0.1) is 5.69 Å². The molecule has 0 radical (unpaired) electrons. The van der Waals surface area contributed by atoms with Crippen molar-refractivity contribution in [3.05, 3.63) is 42.1 Å². The molecule has 0 spiro atoms. The third kappa shape index (κ3) is 2.86. The molecule has 0 unspecified atom stereocenters. The van der Waals surface area contributed by atoms with Gasteiger partial charge in [-0.05, 0) is 18.9 Å². The normalized spacial score (nSPS) is 13.8. The molecule has 1 N–H and O–H groups in total. The van der Waals surface area contributed by atoms with Crippen LogP contribution in [0.15, 0.2) is 36.4 Å². The van der Waals surface area contributed by atoms with Crippen molar-refractivity contribution < 1.29 is 4.79 Å². The van der Waals surface area contributed by atoms with Crippen LogP contribution in [0, 0.1) is 0 Å². The van der Waals surface area contributed by atoms with Crippen molar-refractivity contribution in [2.24, 2.45) is 0 Å². The van der Waals surface area contributed by atoms with Gasteiger partial charge in [-0.1, -0.05) is 30.3 Å². The van der Waals surface area contributed by atoms with E-state index in [1.54, 1.807) is 13.1 Å². The molecule has 0 saturated heterocycles. The van der Waals surface area contributed by atoms with Crippen LogP contribution < -0.4 is 10.2 Å². The van der Waals surface area contributed by atoms with Crippen LogP contribution in [-0.2, 0) is 0 Å². The van der Waals surface area contributed by atoms with Crippen LogP contribution in [0.2, 0.25) is 0 Å². The van der Waals surface area contributed by atoms with Crippen molar-refractivity contribution >= 4 is 11.9 Å². The van der Waals surface area contributed by atoms with Gasteiger partial charge in [0.25, 0.3) is 5.91 Å². The van der Waals surface area contributed by atoms with E-state index in [0.717, 1.165) is 24.1 Å². The average Bonchev–Trinajstić information content (AvgIpc) is 3.38. The molecule has 2 aromatic rings.